The Kier molecular flexibility index (Phi) is 6.14. The summed E-state index contributed by atoms with van der Waals surface area (Å²) in [6.07, 6.45) is 0.655. The molecule has 3 N–H and O–H groups in total. The summed E-state index contributed by atoms with van der Waals surface area (Å²) in [4.78, 5) is 13.5. The number of benzene rings is 2. The molecule has 0 fully saturated rings. The molecule has 4 rings (SSSR count). The fourth-order valence-electron chi connectivity index (χ4n) is 3.34. The number of primary amides is 1. The third kappa shape index (κ3) is 4.59. The monoisotopic (exact) mass is 485 g/mol. The number of para-hydroxylation sites is 1. The van der Waals surface area contributed by atoms with Crippen molar-refractivity contribution in [3.05, 3.63) is 92.4 Å². The number of hydrogen-bond acceptors (Lipinski definition) is 4. The predicted octanol–water partition coefficient (Wildman–Crippen LogP) is 5.82. The molecule has 0 aliphatic carbocycles. The maximum Gasteiger partial charge on any atom is 0.250 e. The Morgan fingerprint density at radius 3 is 2.50 bits per heavy atom. The average molecular weight is 486 g/mol. The summed E-state index contributed by atoms with van der Waals surface area (Å²) < 4.78 is 1.77. The molecule has 8 heteroatoms. The van der Waals surface area contributed by atoms with E-state index in [9.17, 15) is 9.90 Å². The second-order valence-electron chi connectivity index (χ2n) is 7.96. The van der Waals surface area contributed by atoms with Crippen LogP contribution in [0.1, 0.15) is 40.3 Å². The summed E-state index contributed by atoms with van der Waals surface area (Å²) >= 11 is 14.2. The van der Waals surface area contributed by atoms with Gasteiger partial charge in [-0.1, -0.05) is 41.4 Å². The molecule has 0 aliphatic rings. The van der Waals surface area contributed by atoms with E-state index >= 15 is 0 Å². The molecular weight excluding hydrogens is 465 g/mol. The van der Waals surface area contributed by atoms with Crippen LogP contribution in [0, 0.1) is 0 Å². The molecular formula is C24H21Cl2N3O2S. The van der Waals surface area contributed by atoms with Crippen molar-refractivity contribution in [1.29, 1.82) is 0 Å². The molecule has 0 atom stereocenters. The molecule has 1 amide bonds. The van der Waals surface area contributed by atoms with Crippen molar-refractivity contribution in [2.24, 2.45) is 5.73 Å². The first-order chi connectivity index (χ1) is 15.1. The van der Waals surface area contributed by atoms with Crippen LogP contribution in [0.15, 0.2) is 60.7 Å². The quantitative estimate of drug-likeness (QED) is 0.360. The van der Waals surface area contributed by atoms with E-state index in [1.807, 2.05) is 48.5 Å². The van der Waals surface area contributed by atoms with Gasteiger partial charge < -0.3 is 10.8 Å². The summed E-state index contributed by atoms with van der Waals surface area (Å²) in [6, 6.07) is 18.7. The SMILES string of the molecule is CC(C)(O)c1cc(-c2ccc(Cc3ccc(C(N)=O)c(Cl)c3)s2)n(-c2ccccc2Cl)n1. The van der Waals surface area contributed by atoms with Gasteiger partial charge >= 0.3 is 0 Å². The third-order valence-corrected chi connectivity index (χ3v) is 6.75. The first-order valence-corrected chi connectivity index (χ1v) is 11.5. The van der Waals surface area contributed by atoms with Gasteiger partial charge in [0.2, 0.25) is 5.91 Å². The maximum absolute atomic E-state index is 11.4. The van der Waals surface area contributed by atoms with Gasteiger partial charge in [-0.15, -0.1) is 11.3 Å². The Balaban J connectivity index is 1.71. The van der Waals surface area contributed by atoms with E-state index in [1.165, 1.54) is 0 Å². The van der Waals surface area contributed by atoms with Crippen LogP contribution in [-0.2, 0) is 12.0 Å². The van der Waals surface area contributed by atoms with E-state index in [2.05, 4.69) is 5.10 Å². The second kappa shape index (κ2) is 8.71. The van der Waals surface area contributed by atoms with Crippen molar-refractivity contribution in [3.8, 4) is 16.3 Å². The lowest BCUT2D eigenvalue weighted by Gasteiger charge is -2.13. The molecule has 0 spiro atoms. The highest BCUT2D eigenvalue weighted by Crippen LogP contribution is 2.35. The molecule has 0 saturated carbocycles. The molecule has 2 aromatic heterocycles. The molecule has 0 saturated heterocycles. The molecule has 4 aromatic rings. The third-order valence-electron chi connectivity index (χ3n) is 5.01. The van der Waals surface area contributed by atoms with Crippen LogP contribution in [0.5, 0.6) is 0 Å². The zero-order valence-corrected chi connectivity index (χ0v) is 19.8. The van der Waals surface area contributed by atoms with Crippen LogP contribution < -0.4 is 5.73 Å². The van der Waals surface area contributed by atoms with Gasteiger partial charge in [-0.25, -0.2) is 4.68 Å². The number of thiophene rings is 1. The minimum absolute atomic E-state index is 0.310. The lowest BCUT2D eigenvalue weighted by Crippen LogP contribution is -2.16. The molecule has 2 aromatic carbocycles. The standard InChI is InChI=1S/C24H21Cl2N3O2S/c1-24(2,31)22-13-20(29(28-22)19-6-4-3-5-17(19)25)21-10-8-15(32-21)11-14-7-9-16(23(27)30)18(26)12-14/h3-10,12-13,31H,11H2,1-2H3,(H2,27,30). The average Bonchev–Trinajstić information content (AvgIpc) is 3.35. The number of aliphatic hydroxyl groups is 1. The number of nitrogens with zero attached hydrogens (tertiary/aromatic N) is 2. The molecule has 164 valence electrons. The highest BCUT2D eigenvalue weighted by Gasteiger charge is 2.24. The van der Waals surface area contributed by atoms with Gasteiger partial charge in [0.15, 0.2) is 0 Å². The number of carbonyl (C=O) groups excluding carboxylic acids is 1. The van der Waals surface area contributed by atoms with Crippen molar-refractivity contribution in [3.63, 3.8) is 0 Å². The summed E-state index contributed by atoms with van der Waals surface area (Å²) in [7, 11) is 0. The normalized spacial score (nSPS) is 11.7. The molecule has 0 bridgehead atoms. The summed E-state index contributed by atoms with van der Waals surface area (Å²) in [5, 5.41) is 16.1. The van der Waals surface area contributed by atoms with Gasteiger partial charge in [-0.2, -0.15) is 5.10 Å². The predicted molar refractivity (Wildman–Crippen MR) is 130 cm³/mol. The molecule has 0 aliphatic heterocycles. The Morgan fingerprint density at radius 2 is 1.84 bits per heavy atom. The summed E-state index contributed by atoms with van der Waals surface area (Å²) in [6.45, 7) is 3.41. The lowest BCUT2D eigenvalue weighted by molar-refractivity contribution is 0.0734. The van der Waals surface area contributed by atoms with E-state index < -0.39 is 11.5 Å². The zero-order chi connectivity index (χ0) is 23.0. The zero-order valence-electron chi connectivity index (χ0n) is 17.5. The van der Waals surface area contributed by atoms with Gasteiger partial charge in [0.1, 0.15) is 5.60 Å². The van der Waals surface area contributed by atoms with E-state index in [1.54, 1.807) is 42.0 Å². The van der Waals surface area contributed by atoms with Crippen LogP contribution in [0.3, 0.4) is 0 Å². The number of aromatic nitrogens is 2. The number of rotatable bonds is 6. The van der Waals surface area contributed by atoms with Gasteiger partial charge in [0, 0.05) is 11.3 Å². The first-order valence-electron chi connectivity index (χ1n) is 9.88. The smallest absolute Gasteiger partial charge is 0.250 e. The molecule has 5 nitrogen and oxygen atoms in total. The van der Waals surface area contributed by atoms with E-state index in [0.717, 1.165) is 26.7 Å². The number of halogens is 2. The van der Waals surface area contributed by atoms with Gasteiger partial charge in [-0.05, 0) is 61.9 Å². The van der Waals surface area contributed by atoms with E-state index in [0.29, 0.717) is 27.7 Å². The highest BCUT2D eigenvalue weighted by molar-refractivity contribution is 7.15. The van der Waals surface area contributed by atoms with Crippen LogP contribution >= 0.6 is 34.5 Å². The highest BCUT2D eigenvalue weighted by atomic mass is 35.5. The molecule has 0 radical (unpaired) electrons. The van der Waals surface area contributed by atoms with Crippen LogP contribution in [-0.4, -0.2) is 20.8 Å². The fraction of sp³-hybridized carbons (Fsp3) is 0.167. The molecule has 2 heterocycles. The van der Waals surface area contributed by atoms with Crippen molar-refractivity contribution in [2.75, 3.05) is 0 Å². The molecule has 32 heavy (non-hydrogen) atoms. The van der Waals surface area contributed by atoms with Crippen molar-refractivity contribution < 1.29 is 9.90 Å². The van der Waals surface area contributed by atoms with Gasteiger partial charge in [-0.3, -0.25) is 4.79 Å². The Hall–Kier alpha value is -2.64. The second-order valence-corrected chi connectivity index (χ2v) is 9.94. The fourth-order valence-corrected chi connectivity index (χ4v) is 4.90. The van der Waals surface area contributed by atoms with E-state index in [-0.39, 0.29) is 0 Å². The van der Waals surface area contributed by atoms with Gasteiger partial charge in [0.25, 0.3) is 0 Å². The van der Waals surface area contributed by atoms with Crippen LogP contribution in [0.4, 0.5) is 0 Å². The number of carbonyl (C=O) groups is 1. The van der Waals surface area contributed by atoms with Crippen molar-refractivity contribution in [1.82, 2.24) is 9.78 Å². The minimum atomic E-state index is -1.10. The van der Waals surface area contributed by atoms with Crippen molar-refractivity contribution in [2.45, 2.75) is 25.9 Å². The van der Waals surface area contributed by atoms with Crippen LogP contribution in [0.25, 0.3) is 16.3 Å². The minimum Gasteiger partial charge on any atom is -0.384 e. The Labute approximate surface area is 200 Å². The molecule has 0 unspecified atom stereocenters. The Morgan fingerprint density at radius 1 is 1.09 bits per heavy atom. The number of nitrogens with two attached hydrogens (primary N) is 1. The van der Waals surface area contributed by atoms with Crippen LogP contribution in [0.2, 0.25) is 10.0 Å². The maximum atomic E-state index is 11.4. The summed E-state index contributed by atoms with van der Waals surface area (Å²) in [5.41, 5.74) is 7.66. The summed E-state index contributed by atoms with van der Waals surface area (Å²) in [5.74, 6) is -0.546. The number of hydrogen-bond donors (Lipinski definition) is 2. The first kappa shape index (κ1) is 22.6. The lowest BCUT2D eigenvalue weighted by atomic mass is 10.1. The topological polar surface area (TPSA) is 81.1 Å². The van der Waals surface area contributed by atoms with Crippen molar-refractivity contribution >= 4 is 40.4 Å². The van der Waals surface area contributed by atoms with E-state index in [4.69, 9.17) is 28.9 Å². The Bertz CT molecular complexity index is 1300. The van der Waals surface area contributed by atoms with Gasteiger partial charge in [0.05, 0.1) is 37.6 Å². The number of amides is 1. The largest absolute Gasteiger partial charge is 0.384 e.